The zero-order valence-corrected chi connectivity index (χ0v) is 52.9. The second kappa shape index (κ2) is 30.4. The normalized spacial score (nSPS) is 20.4. The predicted octanol–water partition coefficient (Wildman–Crippen LogP) is 6.06. The lowest BCUT2D eigenvalue weighted by Crippen LogP contribution is -2.39. The Morgan fingerprint density at radius 2 is 1.09 bits per heavy atom. The van der Waals surface area contributed by atoms with Crippen LogP contribution in [0.25, 0.3) is 4.85 Å². The average molecular weight is 1260 g/mol. The van der Waals surface area contributed by atoms with Crippen molar-refractivity contribution in [3.05, 3.63) is 121 Å². The first-order chi connectivity index (χ1) is 41.1. The number of carbonyl (C=O) groups is 2. The number of likely N-dealkylation sites (tertiary alicyclic amines) is 2. The molecule has 0 spiro atoms. The molecule has 2 fully saturated rings. The van der Waals surface area contributed by atoms with Gasteiger partial charge in [0.05, 0.1) is 66.5 Å². The van der Waals surface area contributed by atoms with Gasteiger partial charge in [-0.25, -0.2) is 40.7 Å². The molecule has 2 aliphatic carbocycles. The molecule has 4 aliphatic rings. The predicted molar refractivity (Wildman–Crippen MR) is 329 cm³/mol. The first kappa shape index (κ1) is 66.1. The van der Waals surface area contributed by atoms with E-state index in [1.807, 2.05) is 54.2 Å². The molecule has 8 rings (SSSR count). The van der Waals surface area contributed by atoms with Crippen LogP contribution < -0.4 is 40.2 Å². The van der Waals surface area contributed by atoms with E-state index in [0.29, 0.717) is 174 Å². The van der Waals surface area contributed by atoms with Crippen LogP contribution in [0.3, 0.4) is 0 Å². The molecule has 22 nitrogen and oxygen atoms in total. The second-order valence-corrected chi connectivity index (χ2v) is 27.1. The first-order valence-electron chi connectivity index (χ1n) is 29.1. The minimum absolute atomic E-state index is 0.0354. The van der Waals surface area contributed by atoms with E-state index >= 15 is 0 Å². The van der Waals surface area contributed by atoms with Gasteiger partial charge in [0.2, 0.25) is 20.0 Å². The van der Waals surface area contributed by atoms with Gasteiger partial charge in [-0.1, -0.05) is 23.2 Å². The van der Waals surface area contributed by atoms with Gasteiger partial charge in [-0.3, -0.25) is 9.80 Å². The van der Waals surface area contributed by atoms with Crippen LogP contribution in [0.2, 0.25) is 10.0 Å². The number of carbonyl (C=O) groups excluding carboxylic acids is 2. The van der Waals surface area contributed by atoms with Crippen LogP contribution >= 0.6 is 23.2 Å². The lowest BCUT2D eigenvalue weighted by Gasteiger charge is -2.28. The van der Waals surface area contributed by atoms with Gasteiger partial charge in [0, 0.05) is 74.5 Å². The number of aryl methyl sites for hydroxylation is 2. The van der Waals surface area contributed by atoms with Crippen molar-refractivity contribution in [3.8, 4) is 17.6 Å². The van der Waals surface area contributed by atoms with E-state index in [1.54, 1.807) is 48.5 Å². The number of benzene rings is 4. The smallest absolute Gasteiger partial charge is 0.314 e. The van der Waals surface area contributed by atoms with Gasteiger partial charge in [0.1, 0.15) is 23.7 Å². The molecule has 4 aromatic rings. The van der Waals surface area contributed by atoms with E-state index in [2.05, 4.69) is 61.2 Å². The number of nitrogens with zero attached hydrogens (tertiary/aromatic N) is 6. The number of fused-ring (bicyclic) bond motifs is 2. The van der Waals surface area contributed by atoms with Gasteiger partial charge in [-0.05, 0) is 188 Å². The molecule has 4 amide bonds. The van der Waals surface area contributed by atoms with Gasteiger partial charge < -0.3 is 50.0 Å². The molecule has 4 aromatic carbocycles. The van der Waals surface area contributed by atoms with Gasteiger partial charge in [0.25, 0.3) is 0 Å². The van der Waals surface area contributed by atoms with Gasteiger partial charge in [-0.2, -0.15) is 5.26 Å². The minimum atomic E-state index is -3.82. The highest BCUT2D eigenvalue weighted by molar-refractivity contribution is 7.89. The quantitative estimate of drug-likeness (QED) is 0.0267. The zero-order valence-electron chi connectivity index (χ0n) is 49.7. The van der Waals surface area contributed by atoms with Crippen molar-refractivity contribution in [3.63, 3.8) is 0 Å². The molecule has 466 valence electrons. The van der Waals surface area contributed by atoms with Crippen molar-refractivity contribution in [1.29, 1.82) is 5.26 Å². The van der Waals surface area contributed by atoms with Gasteiger partial charge in [0.15, 0.2) is 5.69 Å². The van der Waals surface area contributed by atoms with Gasteiger partial charge >= 0.3 is 12.1 Å². The molecule has 2 aliphatic heterocycles. The summed E-state index contributed by atoms with van der Waals surface area (Å²) in [6.45, 7) is 18.0. The molecule has 2 saturated heterocycles. The van der Waals surface area contributed by atoms with Gasteiger partial charge in [-0.15, -0.1) is 0 Å². The lowest BCUT2D eigenvalue weighted by molar-refractivity contribution is 0.110. The standard InChI is InChI=1S/C60H80Cl2N12O10S2/c1-39-28-46(10-12-55(39)83-57-50-31-42(61)30-41(36-63)48(50)34-53(57)71(4)5)85(77,78)69-44-14-20-73(37-44)22-26-81-24-18-67-59(75)65-16-8-9-17-66-60(76)68-19-25-82-27-23-74-21-15-45(38-74)70-86(79,80)47-11-13-56(40(2)29-47)84-58-51-32-43(62)33-52(64-3)49(51)35-54(58)72(6)7/h10-13,28-33,44-45,53-54,57-58,69-70H,8-9,14-27,34-35,37-38H2,1-2,4-7H3,(H2,65,67,75)(H2,66,68,76)/t44-,45-,53-,54-,57-,58-/m0/s1. The van der Waals surface area contributed by atoms with Crippen LogP contribution in [0, 0.1) is 31.8 Å². The topological polar surface area (TPSA) is 253 Å². The van der Waals surface area contributed by atoms with Crippen molar-refractivity contribution in [2.45, 2.75) is 98.5 Å². The van der Waals surface area contributed by atoms with Crippen LogP contribution in [0.5, 0.6) is 11.5 Å². The Morgan fingerprint density at radius 3 is 1.53 bits per heavy atom. The van der Waals surface area contributed by atoms with E-state index in [9.17, 15) is 31.7 Å². The van der Waals surface area contributed by atoms with Crippen LogP contribution in [0.15, 0.2) is 70.5 Å². The molecule has 86 heavy (non-hydrogen) atoms. The van der Waals surface area contributed by atoms with Crippen LogP contribution in [-0.2, 0) is 42.4 Å². The Morgan fingerprint density at radius 1 is 0.651 bits per heavy atom. The Bertz CT molecular complexity index is 3150. The molecule has 0 bridgehead atoms. The molecule has 2 heterocycles. The number of halogens is 2. The number of likely N-dealkylation sites (N-methyl/N-ethyl adjacent to an activating group) is 2. The van der Waals surface area contributed by atoms with Crippen LogP contribution in [0.1, 0.15) is 76.8 Å². The van der Waals surface area contributed by atoms with E-state index in [4.69, 9.17) is 48.7 Å². The van der Waals surface area contributed by atoms with Crippen molar-refractivity contribution >= 4 is 61.0 Å². The average Bonchev–Trinajstić information content (AvgIpc) is 1.79. The molecule has 0 aromatic heterocycles. The van der Waals surface area contributed by atoms with E-state index in [-0.39, 0.29) is 52.1 Å². The fraction of sp³-hybridized carbons (Fsp3) is 0.533. The Kier molecular flexibility index (Phi) is 23.4. The molecule has 0 unspecified atom stereocenters. The molecular weight excluding hydrogens is 1180 g/mol. The maximum absolute atomic E-state index is 13.5. The number of hydrogen-bond donors (Lipinski definition) is 6. The summed E-state index contributed by atoms with van der Waals surface area (Å²) in [4.78, 5) is 37.0. The molecule has 6 N–H and O–H groups in total. The second-order valence-electron chi connectivity index (χ2n) is 22.8. The molecule has 6 atom stereocenters. The zero-order chi connectivity index (χ0) is 61.7. The third kappa shape index (κ3) is 17.5. The number of sulfonamides is 2. The number of hydrogen-bond acceptors (Lipinski definition) is 15. The molecular formula is C60H80Cl2N12O10S2. The SMILES string of the molecule is [C-]#[N+]c1cc(Cl)cc2c1C[C@H](N(C)C)[C@H]2Oc1ccc(S(=O)(=O)N[C@H]2CCN(CCOCCNC(=O)NCCCCNC(=O)NCCOCCN3CC[C@H](NS(=O)(=O)c4ccc(O[C@H]5c6cc(Cl)cc(C#N)c6C[C@@H]5N(C)C)c(C)c4)C3)C2)cc1C. The fourth-order valence-electron chi connectivity index (χ4n) is 11.5. The van der Waals surface area contributed by atoms with Crippen molar-refractivity contribution in [1.82, 2.24) is 50.3 Å². The highest BCUT2D eigenvalue weighted by Crippen LogP contribution is 2.45. The van der Waals surface area contributed by atoms with Crippen LogP contribution in [-0.4, -0.2) is 193 Å². The third-order valence-corrected chi connectivity index (χ3v) is 19.6. The number of urea groups is 2. The molecule has 0 radical (unpaired) electrons. The summed E-state index contributed by atoms with van der Waals surface area (Å²) in [6.07, 6.45) is 3.12. The van der Waals surface area contributed by atoms with Crippen LogP contribution in [0.4, 0.5) is 15.3 Å². The molecule has 0 saturated carbocycles. The maximum atomic E-state index is 13.5. The maximum Gasteiger partial charge on any atom is 0.314 e. The summed E-state index contributed by atoms with van der Waals surface area (Å²) < 4.78 is 84.4. The summed E-state index contributed by atoms with van der Waals surface area (Å²) >= 11 is 12.8. The monoisotopic (exact) mass is 1260 g/mol. The lowest BCUT2D eigenvalue weighted by atomic mass is 10.0. The first-order valence-corrected chi connectivity index (χ1v) is 32.8. The highest BCUT2D eigenvalue weighted by Gasteiger charge is 2.40. The fourth-order valence-corrected chi connectivity index (χ4v) is 14.6. The Balaban J connectivity index is 0.613. The number of rotatable bonds is 29. The minimum Gasteiger partial charge on any atom is -0.484 e. The van der Waals surface area contributed by atoms with Crippen molar-refractivity contribution < 1.29 is 45.4 Å². The van der Waals surface area contributed by atoms with Crippen molar-refractivity contribution in [2.75, 3.05) is 120 Å². The number of unbranched alkanes of at least 4 members (excludes halogenated alkanes) is 1. The summed E-state index contributed by atoms with van der Waals surface area (Å²) in [7, 11) is 0.235. The number of nitrogens with one attached hydrogen (secondary N) is 6. The largest absolute Gasteiger partial charge is 0.484 e. The summed E-state index contributed by atoms with van der Waals surface area (Å²) in [5.41, 5.74) is 5.95. The Labute approximate surface area is 516 Å². The van der Waals surface area contributed by atoms with E-state index < -0.39 is 26.2 Å². The van der Waals surface area contributed by atoms with Crippen molar-refractivity contribution in [2.24, 2.45) is 0 Å². The molecule has 26 heteroatoms. The van der Waals surface area contributed by atoms with E-state index in [0.717, 1.165) is 22.3 Å². The summed E-state index contributed by atoms with van der Waals surface area (Å²) in [5.74, 6) is 1.11. The summed E-state index contributed by atoms with van der Waals surface area (Å²) in [5, 5.41) is 21.8. The Hall–Kier alpha value is -5.84. The highest BCUT2D eigenvalue weighted by atomic mass is 35.5. The number of amides is 4. The summed E-state index contributed by atoms with van der Waals surface area (Å²) in [6, 6.07) is 17.8. The number of nitriles is 1. The third-order valence-electron chi connectivity index (χ3n) is 16.1. The number of ether oxygens (including phenoxy) is 4. The van der Waals surface area contributed by atoms with E-state index in [1.165, 1.54) is 0 Å².